The molecule has 6 nitrogen and oxygen atoms in total. The summed E-state index contributed by atoms with van der Waals surface area (Å²) >= 11 is 0. The Balaban J connectivity index is 2.82. The fraction of sp³-hybridized carbons (Fsp3) is 0.300. The standard InChI is InChI=1S/C10H12N2O4/c1-6(9(13)14)12-8-5-7(3-4-11-8)10(15)16-2/h3-6H,1-2H3,(H,11,12)(H,13,14). The van der Waals surface area contributed by atoms with E-state index in [1.165, 1.54) is 32.4 Å². The van der Waals surface area contributed by atoms with Crippen molar-refractivity contribution in [3.05, 3.63) is 23.9 Å². The number of hydrogen-bond donors (Lipinski definition) is 2. The van der Waals surface area contributed by atoms with Gasteiger partial charge in [0.05, 0.1) is 12.7 Å². The zero-order valence-corrected chi connectivity index (χ0v) is 8.93. The smallest absolute Gasteiger partial charge is 0.338 e. The van der Waals surface area contributed by atoms with E-state index in [9.17, 15) is 9.59 Å². The first-order valence-electron chi connectivity index (χ1n) is 4.58. The summed E-state index contributed by atoms with van der Waals surface area (Å²) in [6.07, 6.45) is 1.41. The van der Waals surface area contributed by atoms with E-state index in [0.717, 1.165) is 0 Å². The third kappa shape index (κ3) is 2.94. The molecule has 0 amide bonds. The molecule has 0 fully saturated rings. The second kappa shape index (κ2) is 5.11. The molecule has 0 saturated heterocycles. The summed E-state index contributed by atoms with van der Waals surface area (Å²) in [6, 6.07) is 2.15. The molecule has 0 saturated carbocycles. The first-order chi connectivity index (χ1) is 7.54. The van der Waals surface area contributed by atoms with Crippen LogP contribution < -0.4 is 5.32 Å². The van der Waals surface area contributed by atoms with Gasteiger partial charge in [0, 0.05) is 6.20 Å². The summed E-state index contributed by atoms with van der Waals surface area (Å²) in [4.78, 5) is 25.7. The number of aliphatic carboxylic acids is 1. The number of aromatic nitrogens is 1. The van der Waals surface area contributed by atoms with Crippen LogP contribution in [0.2, 0.25) is 0 Å². The van der Waals surface area contributed by atoms with Gasteiger partial charge in [-0.3, -0.25) is 4.79 Å². The Morgan fingerprint density at radius 1 is 1.56 bits per heavy atom. The van der Waals surface area contributed by atoms with Crippen molar-refractivity contribution in [3.8, 4) is 0 Å². The van der Waals surface area contributed by atoms with Crippen LogP contribution in [0, 0.1) is 0 Å². The SMILES string of the molecule is COC(=O)c1ccnc(NC(C)C(=O)O)c1. The van der Waals surface area contributed by atoms with Crippen LogP contribution in [-0.2, 0) is 9.53 Å². The minimum atomic E-state index is -0.995. The van der Waals surface area contributed by atoms with Crippen molar-refractivity contribution in [2.75, 3.05) is 12.4 Å². The van der Waals surface area contributed by atoms with Crippen molar-refractivity contribution in [1.82, 2.24) is 4.98 Å². The molecule has 16 heavy (non-hydrogen) atoms. The van der Waals surface area contributed by atoms with Crippen LogP contribution in [0.1, 0.15) is 17.3 Å². The average Bonchev–Trinajstić information content (AvgIpc) is 2.28. The van der Waals surface area contributed by atoms with Crippen LogP contribution in [0.15, 0.2) is 18.3 Å². The third-order valence-corrected chi connectivity index (χ3v) is 1.92. The van der Waals surface area contributed by atoms with Gasteiger partial charge in [-0.2, -0.15) is 0 Å². The van der Waals surface area contributed by atoms with Crippen LogP contribution in [0.3, 0.4) is 0 Å². The number of carbonyl (C=O) groups is 2. The van der Waals surface area contributed by atoms with E-state index in [1.54, 1.807) is 0 Å². The average molecular weight is 224 g/mol. The predicted octanol–water partition coefficient (Wildman–Crippen LogP) is 0.753. The van der Waals surface area contributed by atoms with Gasteiger partial charge in [-0.05, 0) is 19.1 Å². The van der Waals surface area contributed by atoms with Crippen molar-refractivity contribution >= 4 is 17.8 Å². The van der Waals surface area contributed by atoms with Crippen molar-refractivity contribution in [2.24, 2.45) is 0 Å². The molecule has 0 aliphatic heterocycles. The van der Waals surface area contributed by atoms with Crippen molar-refractivity contribution in [1.29, 1.82) is 0 Å². The highest BCUT2D eigenvalue weighted by Crippen LogP contribution is 2.09. The number of ether oxygens (including phenoxy) is 1. The number of nitrogens with zero attached hydrogens (tertiary/aromatic N) is 1. The predicted molar refractivity (Wildman–Crippen MR) is 56.3 cm³/mol. The number of carboxylic acid groups (broad SMARTS) is 1. The number of carboxylic acids is 1. The number of anilines is 1. The Morgan fingerprint density at radius 2 is 2.25 bits per heavy atom. The van der Waals surface area contributed by atoms with Crippen LogP contribution in [0.4, 0.5) is 5.82 Å². The van der Waals surface area contributed by atoms with E-state index in [0.29, 0.717) is 11.4 Å². The Labute approximate surface area is 92.3 Å². The molecule has 86 valence electrons. The van der Waals surface area contributed by atoms with Gasteiger partial charge in [-0.1, -0.05) is 0 Å². The monoisotopic (exact) mass is 224 g/mol. The minimum Gasteiger partial charge on any atom is -0.480 e. The Hall–Kier alpha value is -2.11. The molecule has 2 N–H and O–H groups in total. The van der Waals surface area contributed by atoms with Crippen molar-refractivity contribution < 1.29 is 19.4 Å². The van der Waals surface area contributed by atoms with Crippen molar-refractivity contribution in [2.45, 2.75) is 13.0 Å². The molecule has 1 rings (SSSR count). The topological polar surface area (TPSA) is 88.5 Å². The second-order valence-corrected chi connectivity index (χ2v) is 3.13. The van der Waals surface area contributed by atoms with Gasteiger partial charge in [0.2, 0.25) is 0 Å². The Bertz CT molecular complexity index is 406. The Kier molecular flexibility index (Phi) is 3.82. The lowest BCUT2D eigenvalue weighted by Crippen LogP contribution is -2.26. The largest absolute Gasteiger partial charge is 0.480 e. The number of rotatable bonds is 4. The molecule has 0 aromatic carbocycles. The van der Waals surface area contributed by atoms with Crippen LogP contribution in [-0.4, -0.2) is 35.2 Å². The summed E-state index contributed by atoms with van der Waals surface area (Å²) in [5, 5.41) is 11.3. The maximum absolute atomic E-state index is 11.2. The van der Waals surface area contributed by atoms with E-state index in [4.69, 9.17) is 5.11 Å². The lowest BCUT2D eigenvalue weighted by atomic mass is 10.2. The highest BCUT2D eigenvalue weighted by Gasteiger charge is 2.12. The summed E-state index contributed by atoms with van der Waals surface area (Å²) in [7, 11) is 1.27. The molecule has 1 heterocycles. The molecule has 1 aromatic heterocycles. The fourth-order valence-electron chi connectivity index (χ4n) is 1.04. The van der Waals surface area contributed by atoms with Crippen LogP contribution >= 0.6 is 0 Å². The molecular formula is C10H12N2O4. The van der Waals surface area contributed by atoms with Crippen LogP contribution in [0.25, 0.3) is 0 Å². The van der Waals surface area contributed by atoms with E-state index in [-0.39, 0.29) is 0 Å². The number of pyridine rings is 1. The normalized spacial score (nSPS) is 11.6. The number of esters is 1. The number of carbonyl (C=O) groups excluding carboxylic acids is 1. The van der Waals surface area contributed by atoms with Crippen molar-refractivity contribution in [3.63, 3.8) is 0 Å². The third-order valence-electron chi connectivity index (χ3n) is 1.92. The van der Waals surface area contributed by atoms with Gasteiger partial charge in [0.25, 0.3) is 0 Å². The minimum absolute atomic E-state index is 0.317. The molecule has 0 radical (unpaired) electrons. The van der Waals surface area contributed by atoms with Gasteiger partial charge in [0.15, 0.2) is 0 Å². The molecule has 0 bridgehead atoms. The maximum Gasteiger partial charge on any atom is 0.338 e. The summed E-state index contributed by atoms with van der Waals surface area (Å²) < 4.78 is 4.53. The van der Waals surface area contributed by atoms with E-state index < -0.39 is 18.0 Å². The van der Waals surface area contributed by atoms with E-state index in [2.05, 4.69) is 15.0 Å². The van der Waals surface area contributed by atoms with Gasteiger partial charge in [-0.15, -0.1) is 0 Å². The summed E-state index contributed by atoms with van der Waals surface area (Å²) in [6.45, 7) is 1.48. The molecule has 1 atom stereocenters. The Morgan fingerprint density at radius 3 is 2.81 bits per heavy atom. The lowest BCUT2D eigenvalue weighted by Gasteiger charge is -2.10. The number of nitrogens with one attached hydrogen (secondary N) is 1. The van der Waals surface area contributed by atoms with Gasteiger partial charge in [-0.25, -0.2) is 9.78 Å². The van der Waals surface area contributed by atoms with Crippen LogP contribution in [0.5, 0.6) is 0 Å². The molecule has 0 aliphatic rings. The summed E-state index contributed by atoms with van der Waals surface area (Å²) in [5.74, 6) is -1.17. The van der Waals surface area contributed by atoms with E-state index in [1.807, 2.05) is 0 Å². The van der Waals surface area contributed by atoms with E-state index >= 15 is 0 Å². The molecule has 1 aromatic rings. The maximum atomic E-state index is 11.2. The highest BCUT2D eigenvalue weighted by molar-refractivity contribution is 5.90. The zero-order chi connectivity index (χ0) is 12.1. The molecular weight excluding hydrogens is 212 g/mol. The van der Waals surface area contributed by atoms with Gasteiger partial charge < -0.3 is 15.2 Å². The first kappa shape index (κ1) is 12.0. The highest BCUT2D eigenvalue weighted by atomic mass is 16.5. The molecule has 0 spiro atoms. The number of methoxy groups -OCH3 is 1. The van der Waals surface area contributed by atoms with Gasteiger partial charge >= 0.3 is 11.9 Å². The zero-order valence-electron chi connectivity index (χ0n) is 8.93. The molecule has 1 unspecified atom stereocenters. The quantitative estimate of drug-likeness (QED) is 0.734. The second-order valence-electron chi connectivity index (χ2n) is 3.13. The summed E-state index contributed by atoms with van der Waals surface area (Å²) in [5.41, 5.74) is 0.317. The lowest BCUT2D eigenvalue weighted by molar-refractivity contribution is -0.137. The first-order valence-corrected chi connectivity index (χ1v) is 4.58. The number of hydrogen-bond acceptors (Lipinski definition) is 5. The fourth-order valence-corrected chi connectivity index (χ4v) is 1.04. The molecule has 0 aliphatic carbocycles. The molecule has 6 heteroatoms. The van der Waals surface area contributed by atoms with Gasteiger partial charge in [0.1, 0.15) is 11.9 Å².